The van der Waals surface area contributed by atoms with Crippen molar-refractivity contribution in [2.45, 2.75) is 32.2 Å². The molecule has 1 aliphatic heterocycles. The van der Waals surface area contributed by atoms with Gasteiger partial charge in [0.1, 0.15) is 5.82 Å². The Balaban J connectivity index is 1.58. The monoisotopic (exact) mass is 324 g/mol. The number of nitrogens with zero attached hydrogens (tertiary/aromatic N) is 2. The zero-order chi connectivity index (χ0) is 15.5. The summed E-state index contributed by atoms with van der Waals surface area (Å²) in [5.74, 6) is 0.370. The summed E-state index contributed by atoms with van der Waals surface area (Å²) in [5.41, 5.74) is 0.631. The second-order valence-electron chi connectivity index (χ2n) is 6.32. The summed E-state index contributed by atoms with van der Waals surface area (Å²) in [5, 5.41) is 0.563. The number of amides is 1. The number of benzene rings is 1. The Morgan fingerprint density at radius 2 is 2.00 bits per heavy atom. The Hall–Kier alpha value is -1.13. The van der Waals surface area contributed by atoms with Crippen LogP contribution in [0, 0.1) is 11.7 Å². The molecule has 0 radical (unpaired) electrons. The molecule has 1 amide bonds. The summed E-state index contributed by atoms with van der Waals surface area (Å²) in [6, 6.07) is 4.68. The van der Waals surface area contributed by atoms with Crippen LogP contribution in [-0.4, -0.2) is 41.9 Å². The van der Waals surface area contributed by atoms with Crippen LogP contribution >= 0.6 is 11.6 Å². The molecule has 0 atom stereocenters. The standard InChI is InChI=1S/C17H22ClFN2O/c18-15-5-6-16(19)14(11-15)12-20-7-2-8-21(10-9-20)17(22)13-3-1-4-13/h5-6,11,13H,1-4,7-10,12H2. The Kier molecular flexibility index (Phi) is 4.99. The molecule has 0 bridgehead atoms. The maximum atomic E-state index is 13.8. The van der Waals surface area contributed by atoms with E-state index in [0.717, 1.165) is 45.4 Å². The molecule has 1 saturated carbocycles. The van der Waals surface area contributed by atoms with E-state index in [0.29, 0.717) is 23.0 Å². The third kappa shape index (κ3) is 3.61. The van der Waals surface area contributed by atoms with Gasteiger partial charge in [0.05, 0.1) is 0 Å². The minimum absolute atomic E-state index is 0.212. The molecule has 1 heterocycles. The lowest BCUT2D eigenvalue weighted by Crippen LogP contribution is -2.41. The van der Waals surface area contributed by atoms with Gasteiger partial charge in [0, 0.05) is 49.2 Å². The number of carbonyl (C=O) groups is 1. The molecule has 1 saturated heterocycles. The number of carbonyl (C=O) groups excluding carboxylic acids is 1. The number of rotatable bonds is 3. The molecule has 3 nitrogen and oxygen atoms in total. The van der Waals surface area contributed by atoms with Crippen molar-refractivity contribution in [1.82, 2.24) is 9.80 Å². The van der Waals surface area contributed by atoms with Gasteiger partial charge >= 0.3 is 0 Å². The van der Waals surface area contributed by atoms with Gasteiger partial charge in [-0.3, -0.25) is 9.69 Å². The molecule has 120 valence electrons. The molecule has 1 aromatic carbocycles. The van der Waals surface area contributed by atoms with Gasteiger partial charge in [-0.15, -0.1) is 0 Å². The number of halogens is 2. The van der Waals surface area contributed by atoms with Gasteiger partial charge in [0.2, 0.25) is 5.91 Å². The zero-order valence-electron chi connectivity index (χ0n) is 12.7. The van der Waals surface area contributed by atoms with Crippen molar-refractivity contribution in [1.29, 1.82) is 0 Å². The fourth-order valence-corrected chi connectivity index (χ4v) is 3.36. The smallest absolute Gasteiger partial charge is 0.225 e. The molecule has 2 aliphatic rings. The zero-order valence-corrected chi connectivity index (χ0v) is 13.5. The molecule has 0 spiro atoms. The average Bonchev–Trinajstić information content (AvgIpc) is 2.66. The lowest BCUT2D eigenvalue weighted by molar-refractivity contribution is -0.138. The first-order valence-electron chi connectivity index (χ1n) is 8.08. The van der Waals surface area contributed by atoms with E-state index in [1.165, 1.54) is 12.5 Å². The highest BCUT2D eigenvalue weighted by Gasteiger charge is 2.30. The molecular formula is C17H22ClFN2O. The fourth-order valence-electron chi connectivity index (χ4n) is 3.17. The molecule has 0 aromatic heterocycles. The molecule has 22 heavy (non-hydrogen) atoms. The molecule has 0 unspecified atom stereocenters. The summed E-state index contributed by atoms with van der Waals surface area (Å²) in [6.45, 7) is 3.81. The Morgan fingerprint density at radius 3 is 2.73 bits per heavy atom. The van der Waals surface area contributed by atoms with Crippen molar-refractivity contribution in [2.75, 3.05) is 26.2 Å². The van der Waals surface area contributed by atoms with Crippen LogP contribution < -0.4 is 0 Å². The van der Waals surface area contributed by atoms with Gasteiger partial charge in [-0.1, -0.05) is 18.0 Å². The second kappa shape index (κ2) is 6.97. The highest BCUT2D eigenvalue weighted by atomic mass is 35.5. The van der Waals surface area contributed by atoms with Crippen LogP contribution in [-0.2, 0) is 11.3 Å². The summed E-state index contributed by atoms with van der Waals surface area (Å²) >= 11 is 5.95. The summed E-state index contributed by atoms with van der Waals surface area (Å²) < 4.78 is 13.8. The maximum absolute atomic E-state index is 13.8. The van der Waals surface area contributed by atoms with E-state index in [9.17, 15) is 9.18 Å². The highest BCUT2D eigenvalue weighted by Crippen LogP contribution is 2.28. The second-order valence-corrected chi connectivity index (χ2v) is 6.75. The van der Waals surface area contributed by atoms with Crippen molar-refractivity contribution in [3.05, 3.63) is 34.6 Å². The van der Waals surface area contributed by atoms with Crippen molar-refractivity contribution in [3.8, 4) is 0 Å². The van der Waals surface area contributed by atoms with Gasteiger partial charge < -0.3 is 4.90 Å². The molecule has 1 aromatic rings. The van der Waals surface area contributed by atoms with Gasteiger partial charge in [0.15, 0.2) is 0 Å². The van der Waals surface area contributed by atoms with E-state index in [1.807, 2.05) is 4.90 Å². The van der Waals surface area contributed by atoms with Crippen molar-refractivity contribution in [2.24, 2.45) is 5.92 Å². The third-order valence-corrected chi connectivity index (χ3v) is 4.99. The van der Waals surface area contributed by atoms with E-state index >= 15 is 0 Å². The van der Waals surface area contributed by atoms with Crippen LogP contribution in [0.2, 0.25) is 5.02 Å². The first kappa shape index (κ1) is 15.8. The summed E-state index contributed by atoms with van der Waals surface area (Å²) in [6.07, 6.45) is 4.23. The van der Waals surface area contributed by atoms with E-state index in [2.05, 4.69) is 4.90 Å². The largest absolute Gasteiger partial charge is 0.341 e. The SMILES string of the molecule is O=C(C1CCC1)N1CCCN(Cc2cc(Cl)ccc2F)CC1. The van der Waals surface area contributed by atoms with Gasteiger partial charge in [-0.25, -0.2) is 4.39 Å². The predicted octanol–water partition coefficient (Wildman–Crippen LogP) is 3.31. The van der Waals surface area contributed by atoms with Crippen LogP contribution in [0.4, 0.5) is 4.39 Å². The summed E-state index contributed by atoms with van der Waals surface area (Å²) in [4.78, 5) is 16.5. The highest BCUT2D eigenvalue weighted by molar-refractivity contribution is 6.30. The normalized spacial score (nSPS) is 20.5. The average molecular weight is 325 g/mol. The Morgan fingerprint density at radius 1 is 1.18 bits per heavy atom. The Labute approximate surface area is 136 Å². The molecule has 2 fully saturated rings. The topological polar surface area (TPSA) is 23.6 Å². The van der Waals surface area contributed by atoms with Gasteiger partial charge in [-0.05, 0) is 37.5 Å². The molecule has 3 rings (SSSR count). The quantitative estimate of drug-likeness (QED) is 0.851. The van der Waals surface area contributed by atoms with E-state index in [4.69, 9.17) is 11.6 Å². The molecule has 1 aliphatic carbocycles. The first-order chi connectivity index (χ1) is 10.6. The Bertz CT molecular complexity index is 547. The summed E-state index contributed by atoms with van der Waals surface area (Å²) in [7, 11) is 0. The lowest BCUT2D eigenvalue weighted by atomic mass is 9.84. The van der Waals surface area contributed by atoms with E-state index < -0.39 is 0 Å². The minimum Gasteiger partial charge on any atom is -0.341 e. The van der Waals surface area contributed by atoms with Crippen LogP contribution in [0.5, 0.6) is 0 Å². The van der Waals surface area contributed by atoms with Crippen LogP contribution in [0.1, 0.15) is 31.2 Å². The van der Waals surface area contributed by atoms with Gasteiger partial charge in [0.25, 0.3) is 0 Å². The number of hydrogen-bond donors (Lipinski definition) is 0. The van der Waals surface area contributed by atoms with Crippen molar-refractivity contribution >= 4 is 17.5 Å². The molecule has 5 heteroatoms. The van der Waals surface area contributed by atoms with Crippen molar-refractivity contribution in [3.63, 3.8) is 0 Å². The predicted molar refractivity (Wildman–Crippen MR) is 85.2 cm³/mol. The first-order valence-corrected chi connectivity index (χ1v) is 8.46. The number of hydrogen-bond acceptors (Lipinski definition) is 2. The van der Waals surface area contributed by atoms with Crippen LogP contribution in [0.25, 0.3) is 0 Å². The third-order valence-electron chi connectivity index (χ3n) is 4.76. The lowest BCUT2D eigenvalue weighted by Gasteiger charge is -2.31. The maximum Gasteiger partial charge on any atom is 0.225 e. The van der Waals surface area contributed by atoms with Crippen LogP contribution in [0.3, 0.4) is 0 Å². The molecular weight excluding hydrogens is 303 g/mol. The van der Waals surface area contributed by atoms with E-state index in [1.54, 1.807) is 12.1 Å². The van der Waals surface area contributed by atoms with Crippen LogP contribution in [0.15, 0.2) is 18.2 Å². The van der Waals surface area contributed by atoms with Crippen molar-refractivity contribution < 1.29 is 9.18 Å². The van der Waals surface area contributed by atoms with Gasteiger partial charge in [-0.2, -0.15) is 0 Å². The minimum atomic E-state index is -0.212. The van der Waals surface area contributed by atoms with E-state index in [-0.39, 0.29) is 11.7 Å². The molecule has 0 N–H and O–H groups in total. The fraction of sp³-hybridized carbons (Fsp3) is 0.588.